The summed E-state index contributed by atoms with van der Waals surface area (Å²) in [6, 6.07) is 28.0. The van der Waals surface area contributed by atoms with Gasteiger partial charge in [0.25, 0.3) is 0 Å². The summed E-state index contributed by atoms with van der Waals surface area (Å²) in [5, 5.41) is 0. The maximum Gasteiger partial charge on any atom is -0.147 e. The van der Waals surface area contributed by atoms with Crippen LogP contribution >= 0.6 is 24.8 Å². The molecule has 0 atom stereocenters. The van der Waals surface area contributed by atoms with E-state index in [0.29, 0.717) is 0 Å². The van der Waals surface area contributed by atoms with E-state index in [9.17, 15) is 0 Å². The Hall–Kier alpha value is -2.10. The van der Waals surface area contributed by atoms with E-state index >= 15 is 0 Å². The molecule has 0 fully saturated rings. The van der Waals surface area contributed by atoms with Gasteiger partial charge in [0, 0.05) is 0 Å². The first kappa shape index (κ1) is 32.1. The summed E-state index contributed by atoms with van der Waals surface area (Å²) in [4.78, 5) is 0. The smallest absolute Gasteiger partial charge is 0.147 e. The Morgan fingerprint density at radius 3 is 1.71 bits per heavy atom. The molecule has 5 heteroatoms. The van der Waals surface area contributed by atoms with E-state index in [1.54, 1.807) is 7.11 Å². The van der Waals surface area contributed by atoms with Gasteiger partial charge in [0.2, 0.25) is 0 Å². The van der Waals surface area contributed by atoms with Crippen molar-refractivity contribution >= 4 is 28.6 Å². The van der Waals surface area contributed by atoms with Crippen molar-refractivity contribution in [1.29, 1.82) is 0 Å². The van der Waals surface area contributed by atoms with E-state index in [-0.39, 0.29) is 35.6 Å². The zero-order valence-corrected chi connectivity index (χ0v) is 26.7. The van der Waals surface area contributed by atoms with Gasteiger partial charge >= 0.3 is 224 Å². The third-order valence-corrected chi connectivity index (χ3v) is 10.5. The van der Waals surface area contributed by atoms with Crippen LogP contribution in [0.1, 0.15) is 64.7 Å². The summed E-state index contributed by atoms with van der Waals surface area (Å²) in [6.45, 7) is 13.6. The molecule has 3 aromatic rings. The van der Waals surface area contributed by atoms with Crippen LogP contribution in [-0.4, -0.2) is 10.9 Å². The van der Waals surface area contributed by atoms with Crippen LogP contribution in [-0.2, 0) is 23.2 Å². The molecule has 0 aliphatic heterocycles. The van der Waals surface area contributed by atoms with Gasteiger partial charge in [-0.15, -0.1) is 24.8 Å². The summed E-state index contributed by atoms with van der Waals surface area (Å²) >= 11 is -2.55. The predicted octanol–water partition coefficient (Wildman–Crippen LogP) is 9.28. The number of halogens is 2. The van der Waals surface area contributed by atoms with Gasteiger partial charge in [-0.05, 0) is 0 Å². The number of methoxy groups -OCH3 is 1. The third-order valence-electron chi connectivity index (χ3n) is 6.57. The summed E-state index contributed by atoms with van der Waals surface area (Å²) in [6.07, 6.45) is 5.58. The molecule has 4 rings (SSSR count). The molecule has 0 aromatic heterocycles. The average molecular weight is 587 g/mol. The molecule has 0 saturated heterocycles. The molecular weight excluding hydrogens is 547 g/mol. The summed E-state index contributed by atoms with van der Waals surface area (Å²) in [7, 11) is 1.73. The van der Waals surface area contributed by atoms with Crippen molar-refractivity contribution in [3.05, 3.63) is 117 Å². The van der Waals surface area contributed by atoms with Crippen molar-refractivity contribution < 1.29 is 25.9 Å². The first-order valence-electron chi connectivity index (χ1n) is 12.7. The molecule has 0 amide bonds. The summed E-state index contributed by atoms with van der Waals surface area (Å²) in [5.74, 6) is 1.73. The molecule has 0 N–H and O–H groups in total. The van der Waals surface area contributed by atoms with Gasteiger partial charge in [-0.2, -0.15) is 0 Å². The van der Waals surface area contributed by atoms with E-state index in [4.69, 9.17) is 8.06 Å². The van der Waals surface area contributed by atoms with Crippen molar-refractivity contribution in [2.24, 2.45) is 5.41 Å². The van der Waals surface area contributed by atoms with Crippen LogP contribution in [0.5, 0.6) is 11.5 Å². The predicted molar refractivity (Wildman–Crippen MR) is 163 cm³/mol. The minimum absolute atomic E-state index is 0. The summed E-state index contributed by atoms with van der Waals surface area (Å²) < 4.78 is 15.8. The van der Waals surface area contributed by atoms with Crippen LogP contribution in [0.25, 0.3) is 0 Å². The monoisotopic (exact) mass is 586 g/mol. The van der Waals surface area contributed by atoms with Gasteiger partial charge in [0.15, 0.2) is 0 Å². The Labute approximate surface area is 247 Å². The topological polar surface area (TPSA) is 18.5 Å². The zero-order valence-electron chi connectivity index (χ0n) is 23.5. The van der Waals surface area contributed by atoms with Crippen LogP contribution in [0, 0.1) is 5.41 Å². The maximum absolute atomic E-state index is 7.22. The first-order valence-corrected chi connectivity index (χ1v) is 14.9. The first-order chi connectivity index (χ1) is 17.1. The SMILES string of the molecule is COc1cc([O][Ti]([C]2=C(C(C)(C)C)C=CC2)=[C](c2ccccc2)c2ccccc2)cc(C(C)(C)C)c1.Cl.Cl. The number of ether oxygens (including phenoxy) is 1. The van der Waals surface area contributed by atoms with E-state index in [1.807, 2.05) is 0 Å². The van der Waals surface area contributed by atoms with E-state index in [0.717, 1.165) is 17.9 Å². The molecule has 1 aliphatic rings. The Kier molecular flexibility index (Phi) is 11.2. The molecule has 0 radical (unpaired) electrons. The number of rotatable bonds is 6. The Morgan fingerprint density at radius 2 is 1.24 bits per heavy atom. The van der Waals surface area contributed by atoms with Crippen molar-refractivity contribution in [2.75, 3.05) is 7.11 Å². The van der Waals surface area contributed by atoms with Crippen molar-refractivity contribution in [3.63, 3.8) is 0 Å². The Balaban J connectivity index is 0.00000253. The molecule has 0 spiro atoms. The average Bonchev–Trinajstić information content (AvgIpc) is 3.35. The van der Waals surface area contributed by atoms with Crippen LogP contribution in [0.3, 0.4) is 0 Å². The Bertz CT molecular complexity index is 1270. The molecule has 2 nitrogen and oxygen atoms in total. The van der Waals surface area contributed by atoms with Crippen LogP contribution in [0.15, 0.2) is 100 Å². The maximum atomic E-state index is 7.22. The minimum atomic E-state index is -2.55. The fourth-order valence-corrected chi connectivity index (χ4v) is 8.91. The summed E-state index contributed by atoms with van der Waals surface area (Å²) in [5.41, 5.74) is 5.15. The van der Waals surface area contributed by atoms with Crippen molar-refractivity contribution in [2.45, 2.75) is 53.4 Å². The normalized spacial score (nSPS) is 12.9. The number of hydrogen-bond acceptors (Lipinski definition) is 2. The van der Waals surface area contributed by atoms with E-state index in [2.05, 4.69) is 133 Å². The second-order valence-corrected chi connectivity index (χ2v) is 14.5. The fourth-order valence-electron chi connectivity index (χ4n) is 4.62. The second-order valence-electron chi connectivity index (χ2n) is 11.4. The molecule has 38 heavy (non-hydrogen) atoms. The molecule has 0 unspecified atom stereocenters. The molecular formula is C33H40Cl2O2Ti. The second kappa shape index (κ2) is 13.3. The van der Waals surface area contributed by atoms with Crippen molar-refractivity contribution in [3.8, 4) is 11.5 Å². The van der Waals surface area contributed by atoms with Gasteiger partial charge in [-0.1, -0.05) is 0 Å². The van der Waals surface area contributed by atoms with Gasteiger partial charge in [-0.3, -0.25) is 0 Å². The minimum Gasteiger partial charge on any atom is -0.147 e. The van der Waals surface area contributed by atoms with Crippen LogP contribution in [0.2, 0.25) is 0 Å². The van der Waals surface area contributed by atoms with Gasteiger partial charge in [0.05, 0.1) is 0 Å². The number of benzene rings is 3. The van der Waals surface area contributed by atoms with E-state index in [1.165, 1.54) is 30.0 Å². The number of allylic oxidation sites excluding steroid dienone is 4. The van der Waals surface area contributed by atoms with E-state index < -0.39 is 17.8 Å². The standard InChI is InChI=1S/C13H10.C11H16O2.C9H13.2ClH.Ti/c1-3-7-12(8-4-1)11-13-9-5-2-6-10-13;1-11(2,3)8-5-9(12)7-10(6-8)13-4;1-9(2,3)8-6-4-5-7-8;;;/h1-10H;5-7,12H,1-4H3;4,6H,5H2,1-3H3;2*1H;/q;;;;;+1/p-1. The molecule has 0 bridgehead atoms. The molecule has 0 saturated carbocycles. The Morgan fingerprint density at radius 1 is 0.711 bits per heavy atom. The van der Waals surface area contributed by atoms with Crippen molar-refractivity contribution in [1.82, 2.24) is 0 Å². The van der Waals surface area contributed by atoms with Crippen LogP contribution < -0.4 is 8.06 Å². The van der Waals surface area contributed by atoms with Gasteiger partial charge in [0.1, 0.15) is 0 Å². The fraction of sp³-hybridized carbons (Fsp3) is 0.303. The molecule has 1 aliphatic carbocycles. The third kappa shape index (κ3) is 7.51. The molecule has 3 aromatic carbocycles. The van der Waals surface area contributed by atoms with Crippen LogP contribution in [0.4, 0.5) is 0 Å². The quantitative estimate of drug-likeness (QED) is 0.268. The molecule has 0 heterocycles. The van der Waals surface area contributed by atoms with Gasteiger partial charge < -0.3 is 0 Å². The largest absolute Gasteiger partial charge is 0.147 e. The zero-order chi connectivity index (χ0) is 25.9. The van der Waals surface area contributed by atoms with Gasteiger partial charge in [-0.25, -0.2) is 0 Å². The number of hydrogen-bond donors (Lipinski definition) is 0. The molecule has 202 valence electrons.